The Morgan fingerprint density at radius 1 is 1.35 bits per heavy atom. The van der Waals surface area contributed by atoms with Crippen molar-refractivity contribution in [1.82, 2.24) is 5.32 Å². The minimum atomic E-state index is -1.77. The Kier molecular flexibility index (Phi) is 4.21. The molecule has 6 nitrogen and oxygen atoms in total. The molecule has 2 rings (SSSR count). The van der Waals surface area contributed by atoms with Crippen molar-refractivity contribution in [2.75, 3.05) is 0 Å². The first-order valence-corrected chi connectivity index (χ1v) is 6.11. The first-order valence-electron chi connectivity index (χ1n) is 6.11. The van der Waals surface area contributed by atoms with Gasteiger partial charge in [0.25, 0.3) is 5.91 Å². The molecule has 1 unspecified atom stereocenters. The second-order valence-corrected chi connectivity index (χ2v) is 4.51. The Hall–Kier alpha value is -2.12. The van der Waals surface area contributed by atoms with Crippen molar-refractivity contribution in [3.8, 4) is 0 Å². The van der Waals surface area contributed by atoms with Crippen LogP contribution >= 0.6 is 0 Å². The fourth-order valence-corrected chi connectivity index (χ4v) is 1.93. The number of amides is 1. The molecular weight excluding hydrogens is 261 g/mol. The maximum Gasteiger partial charge on any atom is 0.475 e. The van der Waals surface area contributed by atoms with Crippen LogP contribution in [0.15, 0.2) is 34.9 Å². The zero-order chi connectivity index (χ0) is 14.7. The molecule has 0 saturated carbocycles. The van der Waals surface area contributed by atoms with Gasteiger partial charge >= 0.3 is 7.12 Å². The summed E-state index contributed by atoms with van der Waals surface area (Å²) in [6, 6.07) is 7.28. The van der Waals surface area contributed by atoms with E-state index in [-0.39, 0.29) is 6.42 Å². The third-order valence-corrected chi connectivity index (χ3v) is 3.00. The van der Waals surface area contributed by atoms with Gasteiger partial charge in [-0.15, -0.1) is 0 Å². The molecule has 1 aromatic carbocycles. The van der Waals surface area contributed by atoms with Gasteiger partial charge in [0.05, 0.1) is 12.2 Å². The molecule has 1 amide bonds. The highest BCUT2D eigenvalue weighted by Crippen LogP contribution is 2.22. The minimum Gasteiger partial charge on any atom is -0.464 e. The predicted octanol–water partition coefficient (Wildman–Crippen LogP) is 0.0611. The van der Waals surface area contributed by atoms with E-state index in [0.29, 0.717) is 5.58 Å². The third kappa shape index (κ3) is 3.07. The van der Waals surface area contributed by atoms with E-state index in [1.165, 1.54) is 6.26 Å². The number of nitrogens with one attached hydrogen (secondary N) is 1. The lowest BCUT2D eigenvalue weighted by atomic mass is 9.76. The van der Waals surface area contributed by atoms with Crippen LogP contribution < -0.4 is 5.32 Å². The zero-order valence-corrected chi connectivity index (χ0v) is 10.9. The smallest absolute Gasteiger partial charge is 0.464 e. The monoisotopic (exact) mass is 275 g/mol. The lowest BCUT2D eigenvalue weighted by Gasteiger charge is -2.16. The SMILES string of the molecule is CC(=O)C(=O)NC(Cc1coc2ccccc12)B(O)O. The molecule has 0 radical (unpaired) electrons. The van der Waals surface area contributed by atoms with Crippen LogP contribution in [0.25, 0.3) is 11.0 Å². The summed E-state index contributed by atoms with van der Waals surface area (Å²) in [5.41, 5.74) is 1.40. The summed E-state index contributed by atoms with van der Waals surface area (Å²) in [5, 5.41) is 21.7. The molecule has 0 aliphatic rings. The highest BCUT2D eigenvalue weighted by atomic mass is 16.4. The Morgan fingerprint density at radius 2 is 2.05 bits per heavy atom. The number of hydrogen-bond acceptors (Lipinski definition) is 5. The molecule has 0 aliphatic carbocycles. The topological polar surface area (TPSA) is 99.8 Å². The first-order chi connectivity index (χ1) is 9.49. The fraction of sp³-hybridized carbons (Fsp3) is 0.231. The molecule has 2 aromatic rings. The molecule has 104 valence electrons. The summed E-state index contributed by atoms with van der Waals surface area (Å²) in [6.45, 7) is 1.11. The lowest BCUT2D eigenvalue weighted by molar-refractivity contribution is -0.136. The number of ketones is 1. The van der Waals surface area contributed by atoms with Gasteiger partial charge < -0.3 is 19.8 Å². The summed E-state index contributed by atoms with van der Waals surface area (Å²) in [6.07, 6.45) is 1.65. The van der Waals surface area contributed by atoms with Crippen LogP contribution in [0.4, 0.5) is 0 Å². The second-order valence-electron chi connectivity index (χ2n) is 4.51. The Balaban J connectivity index is 2.20. The van der Waals surface area contributed by atoms with Crippen molar-refractivity contribution in [3.63, 3.8) is 0 Å². The molecule has 1 aromatic heterocycles. The van der Waals surface area contributed by atoms with Crippen LogP contribution in [0.5, 0.6) is 0 Å². The molecule has 0 bridgehead atoms. The van der Waals surface area contributed by atoms with Gasteiger partial charge in [0.2, 0.25) is 5.78 Å². The number of para-hydroxylation sites is 1. The summed E-state index contributed by atoms with van der Waals surface area (Å²) >= 11 is 0. The molecule has 1 heterocycles. The van der Waals surface area contributed by atoms with Gasteiger partial charge in [-0.25, -0.2) is 0 Å². The van der Waals surface area contributed by atoms with Crippen molar-refractivity contribution in [3.05, 3.63) is 36.1 Å². The minimum absolute atomic E-state index is 0.147. The van der Waals surface area contributed by atoms with Gasteiger partial charge in [-0.05, 0) is 18.1 Å². The van der Waals surface area contributed by atoms with Crippen molar-refractivity contribution in [2.24, 2.45) is 0 Å². The largest absolute Gasteiger partial charge is 0.475 e. The van der Waals surface area contributed by atoms with Gasteiger partial charge in [0.15, 0.2) is 0 Å². The van der Waals surface area contributed by atoms with E-state index in [9.17, 15) is 19.6 Å². The van der Waals surface area contributed by atoms with Gasteiger partial charge in [0, 0.05) is 12.3 Å². The third-order valence-electron chi connectivity index (χ3n) is 3.00. The van der Waals surface area contributed by atoms with Gasteiger partial charge in [-0.1, -0.05) is 18.2 Å². The number of rotatable bonds is 5. The Labute approximate surface area is 115 Å². The highest BCUT2D eigenvalue weighted by Gasteiger charge is 2.27. The molecule has 7 heteroatoms. The molecule has 0 fully saturated rings. The lowest BCUT2D eigenvalue weighted by Crippen LogP contribution is -2.49. The predicted molar refractivity (Wildman–Crippen MR) is 72.7 cm³/mol. The van der Waals surface area contributed by atoms with Crippen molar-refractivity contribution >= 4 is 29.8 Å². The van der Waals surface area contributed by atoms with Gasteiger partial charge in [0.1, 0.15) is 5.58 Å². The number of furan rings is 1. The van der Waals surface area contributed by atoms with E-state index in [4.69, 9.17) is 4.42 Å². The summed E-state index contributed by atoms with van der Waals surface area (Å²) in [4.78, 5) is 22.3. The van der Waals surface area contributed by atoms with E-state index in [2.05, 4.69) is 5.32 Å². The maximum atomic E-state index is 11.3. The number of fused-ring (bicyclic) bond motifs is 1. The standard InChI is InChI=1S/C13H14BNO5/c1-8(16)13(17)15-12(14(18)19)6-9-7-20-11-5-3-2-4-10(9)11/h2-5,7,12,18-19H,6H2,1H3,(H,15,17). The average Bonchev–Trinajstić information content (AvgIpc) is 2.81. The van der Waals surface area contributed by atoms with Gasteiger partial charge in [-0.2, -0.15) is 0 Å². The van der Waals surface area contributed by atoms with E-state index < -0.39 is 24.8 Å². The van der Waals surface area contributed by atoms with E-state index in [1.807, 2.05) is 18.2 Å². The highest BCUT2D eigenvalue weighted by molar-refractivity contribution is 6.45. The van der Waals surface area contributed by atoms with Crippen LogP contribution in [0.2, 0.25) is 0 Å². The van der Waals surface area contributed by atoms with Crippen molar-refractivity contribution in [1.29, 1.82) is 0 Å². The number of hydrogen-bond donors (Lipinski definition) is 3. The van der Waals surface area contributed by atoms with Crippen LogP contribution in [0, 0.1) is 0 Å². The zero-order valence-electron chi connectivity index (χ0n) is 10.9. The van der Waals surface area contributed by atoms with Crippen LogP contribution in [-0.2, 0) is 16.0 Å². The maximum absolute atomic E-state index is 11.3. The van der Waals surface area contributed by atoms with Gasteiger partial charge in [-0.3, -0.25) is 9.59 Å². The van der Waals surface area contributed by atoms with E-state index in [1.54, 1.807) is 6.07 Å². The van der Waals surface area contributed by atoms with E-state index >= 15 is 0 Å². The number of carbonyl (C=O) groups excluding carboxylic acids is 2. The summed E-state index contributed by atoms with van der Waals surface area (Å²) in [5.74, 6) is -2.52. The molecule has 0 spiro atoms. The number of Topliss-reactive ketones (excluding diaryl/α,β-unsaturated/α-hetero) is 1. The molecule has 0 saturated heterocycles. The van der Waals surface area contributed by atoms with Crippen LogP contribution in [0.1, 0.15) is 12.5 Å². The van der Waals surface area contributed by atoms with E-state index in [0.717, 1.165) is 17.9 Å². The molecule has 0 aliphatic heterocycles. The molecule has 20 heavy (non-hydrogen) atoms. The first kappa shape index (κ1) is 14.3. The summed E-state index contributed by atoms with van der Waals surface area (Å²) < 4.78 is 5.34. The number of carbonyl (C=O) groups is 2. The quantitative estimate of drug-likeness (QED) is 0.529. The fourth-order valence-electron chi connectivity index (χ4n) is 1.93. The average molecular weight is 275 g/mol. The molecular formula is C13H14BNO5. The Morgan fingerprint density at radius 3 is 2.70 bits per heavy atom. The van der Waals surface area contributed by atoms with Crippen molar-refractivity contribution in [2.45, 2.75) is 19.3 Å². The normalized spacial score (nSPS) is 12.2. The Bertz CT molecular complexity index is 636. The molecule has 3 N–H and O–H groups in total. The van der Waals surface area contributed by atoms with Crippen LogP contribution in [0.3, 0.4) is 0 Å². The van der Waals surface area contributed by atoms with Crippen LogP contribution in [-0.4, -0.2) is 34.8 Å². The second kappa shape index (κ2) is 5.89. The number of benzene rings is 1. The molecule has 1 atom stereocenters. The van der Waals surface area contributed by atoms with Crippen molar-refractivity contribution < 1.29 is 24.1 Å². The summed E-state index contributed by atoms with van der Waals surface area (Å²) in [7, 11) is -1.77.